The Morgan fingerprint density at radius 3 is 3.13 bits per heavy atom. The Balaban J connectivity index is 1.61. The second kappa shape index (κ2) is 6.46. The van der Waals surface area contributed by atoms with Gasteiger partial charge in [-0.3, -0.25) is 0 Å². The number of fused-ring (bicyclic) bond motifs is 2. The minimum Gasteiger partial charge on any atom is -0.300 e. The van der Waals surface area contributed by atoms with Crippen molar-refractivity contribution in [1.29, 1.82) is 0 Å². The van der Waals surface area contributed by atoms with Crippen molar-refractivity contribution in [1.82, 2.24) is 20.1 Å². The highest BCUT2D eigenvalue weighted by Crippen LogP contribution is 2.39. The molecule has 0 fully saturated rings. The molecule has 6 heteroatoms. The van der Waals surface area contributed by atoms with E-state index in [1.807, 2.05) is 17.8 Å². The zero-order chi connectivity index (χ0) is 15.8. The van der Waals surface area contributed by atoms with E-state index < -0.39 is 0 Å². The molecule has 0 spiro atoms. The Morgan fingerprint density at radius 2 is 2.26 bits per heavy atom. The second-order valence-electron chi connectivity index (χ2n) is 6.20. The van der Waals surface area contributed by atoms with Crippen LogP contribution in [0.5, 0.6) is 0 Å². The van der Waals surface area contributed by atoms with E-state index >= 15 is 0 Å². The molecule has 1 N–H and O–H groups in total. The van der Waals surface area contributed by atoms with Crippen molar-refractivity contribution in [3.8, 4) is 0 Å². The Bertz CT molecular complexity index is 715. The lowest BCUT2D eigenvalue weighted by molar-refractivity contribution is 0.330. The quantitative estimate of drug-likeness (QED) is 0.904. The number of hydrogen-bond donors (Lipinski definition) is 1. The average Bonchev–Trinajstić information content (AvgIpc) is 3.00. The molecule has 4 nitrogen and oxygen atoms in total. The molecule has 0 bridgehead atoms. The van der Waals surface area contributed by atoms with Crippen molar-refractivity contribution in [2.45, 2.75) is 56.1 Å². The number of benzene rings is 1. The maximum atomic E-state index is 6.22. The Labute approximate surface area is 146 Å². The molecule has 0 aliphatic carbocycles. The highest BCUT2D eigenvalue weighted by molar-refractivity contribution is 7.99. The molecule has 1 aromatic carbocycles. The van der Waals surface area contributed by atoms with Gasteiger partial charge in [0, 0.05) is 28.9 Å². The van der Waals surface area contributed by atoms with Crippen LogP contribution in [0.2, 0.25) is 5.02 Å². The van der Waals surface area contributed by atoms with Crippen LogP contribution in [0.3, 0.4) is 0 Å². The maximum Gasteiger partial charge on any atom is 0.150 e. The summed E-state index contributed by atoms with van der Waals surface area (Å²) in [6.07, 6.45) is 4.30. The van der Waals surface area contributed by atoms with Gasteiger partial charge in [0.15, 0.2) is 5.82 Å². The third-order valence-corrected chi connectivity index (χ3v) is 6.01. The highest BCUT2D eigenvalue weighted by Gasteiger charge is 2.29. The van der Waals surface area contributed by atoms with Crippen molar-refractivity contribution in [3.05, 3.63) is 40.4 Å². The van der Waals surface area contributed by atoms with Crippen molar-refractivity contribution >= 4 is 23.4 Å². The third-order valence-electron chi connectivity index (χ3n) is 4.65. The van der Waals surface area contributed by atoms with Gasteiger partial charge >= 0.3 is 0 Å². The fourth-order valence-corrected chi connectivity index (χ4v) is 4.77. The molecule has 2 atom stereocenters. The van der Waals surface area contributed by atoms with E-state index in [1.54, 1.807) is 0 Å². The smallest absolute Gasteiger partial charge is 0.150 e. The molecule has 23 heavy (non-hydrogen) atoms. The van der Waals surface area contributed by atoms with E-state index in [0.29, 0.717) is 6.04 Å². The first kappa shape index (κ1) is 15.5. The fourth-order valence-electron chi connectivity index (χ4n) is 3.49. The van der Waals surface area contributed by atoms with Crippen LogP contribution in [0.4, 0.5) is 0 Å². The summed E-state index contributed by atoms with van der Waals surface area (Å²) in [5.74, 6) is 3.21. The molecule has 0 saturated carbocycles. The van der Waals surface area contributed by atoms with E-state index in [-0.39, 0.29) is 6.04 Å². The van der Waals surface area contributed by atoms with E-state index in [9.17, 15) is 0 Å². The summed E-state index contributed by atoms with van der Waals surface area (Å²) in [5, 5.41) is 9.27. The predicted octanol–water partition coefficient (Wildman–Crippen LogP) is 4.16. The van der Waals surface area contributed by atoms with Crippen LogP contribution in [-0.2, 0) is 13.0 Å². The van der Waals surface area contributed by atoms with E-state index in [2.05, 4.69) is 34.2 Å². The molecule has 2 aliphatic heterocycles. The standard InChI is InChI=1S/C17H21ClN4S/c1-2-16-20-17-14(4-3-8-22(17)21-16)19-13-7-9-23-15-6-5-11(18)10-12(13)15/h5-6,10,13-14,19H,2-4,7-9H2,1H3/t13-,14-/m1/s1. The largest absolute Gasteiger partial charge is 0.300 e. The molecule has 3 heterocycles. The van der Waals surface area contributed by atoms with Crippen LogP contribution >= 0.6 is 23.4 Å². The zero-order valence-electron chi connectivity index (χ0n) is 13.3. The van der Waals surface area contributed by atoms with Gasteiger partial charge in [-0.15, -0.1) is 11.8 Å². The monoisotopic (exact) mass is 348 g/mol. The lowest BCUT2D eigenvalue weighted by Crippen LogP contribution is -2.33. The van der Waals surface area contributed by atoms with E-state index in [0.717, 1.165) is 54.7 Å². The topological polar surface area (TPSA) is 42.7 Å². The highest BCUT2D eigenvalue weighted by atomic mass is 35.5. The molecule has 122 valence electrons. The van der Waals surface area contributed by atoms with Crippen LogP contribution in [0, 0.1) is 0 Å². The summed E-state index contributed by atoms with van der Waals surface area (Å²) < 4.78 is 2.09. The number of aryl methyl sites for hydroxylation is 2. The lowest BCUT2D eigenvalue weighted by Gasteiger charge is -2.31. The van der Waals surface area contributed by atoms with Gasteiger partial charge in [0.2, 0.25) is 0 Å². The fraction of sp³-hybridized carbons (Fsp3) is 0.529. The van der Waals surface area contributed by atoms with Crippen LogP contribution in [-0.4, -0.2) is 20.5 Å². The predicted molar refractivity (Wildman–Crippen MR) is 94.0 cm³/mol. The molecule has 0 radical (unpaired) electrons. The van der Waals surface area contributed by atoms with Gasteiger partial charge < -0.3 is 5.32 Å². The summed E-state index contributed by atoms with van der Waals surface area (Å²) >= 11 is 8.15. The van der Waals surface area contributed by atoms with Gasteiger partial charge in [-0.25, -0.2) is 9.67 Å². The molecule has 0 amide bonds. The van der Waals surface area contributed by atoms with Gasteiger partial charge in [0.25, 0.3) is 0 Å². The van der Waals surface area contributed by atoms with Crippen LogP contribution in [0.1, 0.15) is 55.5 Å². The number of thioether (sulfide) groups is 1. The van der Waals surface area contributed by atoms with Crippen LogP contribution in [0.25, 0.3) is 0 Å². The Morgan fingerprint density at radius 1 is 1.35 bits per heavy atom. The number of aromatic nitrogens is 3. The molecule has 1 aromatic heterocycles. The summed E-state index contributed by atoms with van der Waals surface area (Å²) in [5.41, 5.74) is 1.33. The van der Waals surface area contributed by atoms with Crippen LogP contribution < -0.4 is 5.32 Å². The number of halogens is 1. The molecule has 4 rings (SSSR count). The molecular formula is C17H21ClN4S. The van der Waals surface area contributed by atoms with Gasteiger partial charge in [0.1, 0.15) is 5.82 Å². The minimum atomic E-state index is 0.288. The summed E-state index contributed by atoms with van der Waals surface area (Å²) in [6.45, 7) is 3.10. The number of rotatable bonds is 3. The summed E-state index contributed by atoms with van der Waals surface area (Å²) in [7, 11) is 0. The Hall–Kier alpha value is -1.04. The molecule has 2 aromatic rings. The maximum absolute atomic E-state index is 6.22. The van der Waals surface area contributed by atoms with E-state index in [4.69, 9.17) is 16.6 Å². The normalized spacial score (nSPS) is 23.4. The van der Waals surface area contributed by atoms with Gasteiger partial charge in [0.05, 0.1) is 6.04 Å². The first-order chi connectivity index (χ1) is 11.2. The first-order valence-electron chi connectivity index (χ1n) is 8.36. The minimum absolute atomic E-state index is 0.288. The number of hydrogen-bond acceptors (Lipinski definition) is 4. The molecule has 0 unspecified atom stereocenters. The average molecular weight is 349 g/mol. The molecular weight excluding hydrogens is 328 g/mol. The van der Waals surface area contributed by atoms with Crippen LogP contribution in [0.15, 0.2) is 23.1 Å². The SMILES string of the molecule is CCc1nc2n(n1)CCC[C@H]2N[C@@H]1CCSc2ccc(Cl)cc21. The summed E-state index contributed by atoms with van der Waals surface area (Å²) in [6, 6.07) is 6.89. The van der Waals surface area contributed by atoms with Gasteiger partial charge in [-0.05, 0) is 48.8 Å². The van der Waals surface area contributed by atoms with Crippen molar-refractivity contribution < 1.29 is 0 Å². The van der Waals surface area contributed by atoms with Gasteiger partial charge in [-0.2, -0.15) is 5.10 Å². The number of nitrogens with zero attached hydrogens (tertiary/aromatic N) is 3. The van der Waals surface area contributed by atoms with Crippen molar-refractivity contribution in [2.24, 2.45) is 0 Å². The summed E-state index contributed by atoms with van der Waals surface area (Å²) in [4.78, 5) is 6.10. The Kier molecular flexibility index (Phi) is 4.35. The molecule has 0 saturated heterocycles. The molecule has 2 aliphatic rings. The van der Waals surface area contributed by atoms with Crippen molar-refractivity contribution in [3.63, 3.8) is 0 Å². The lowest BCUT2D eigenvalue weighted by atomic mass is 10.00. The zero-order valence-corrected chi connectivity index (χ0v) is 14.8. The first-order valence-corrected chi connectivity index (χ1v) is 9.73. The third kappa shape index (κ3) is 3.02. The number of nitrogens with one attached hydrogen (secondary N) is 1. The second-order valence-corrected chi connectivity index (χ2v) is 7.77. The van der Waals surface area contributed by atoms with E-state index in [1.165, 1.54) is 10.5 Å². The van der Waals surface area contributed by atoms with Crippen molar-refractivity contribution in [2.75, 3.05) is 5.75 Å². The van der Waals surface area contributed by atoms with Gasteiger partial charge in [-0.1, -0.05) is 18.5 Å².